The first-order valence-corrected chi connectivity index (χ1v) is 10.7. The van der Waals surface area contributed by atoms with Crippen LogP contribution in [0.3, 0.4) is 0 Å². The minimum absolute atomic E-state index is 0.0411. The van der Waals surface area contributed by atoms with Crippen molar-refractivity contribution in [2.45, 2.75) is 45.3 Å². The summed E-state index contributed by atoms with van der Waals surface area (Å²) >= 11 is 0. The standard InChI is InChI=1S/C24H28N2O4/c1-3-18(4-2)25-23(27)22-14-26(19-10-6-8-12-21(19)30-22)24(28)17-13-16-9-5-7-11-20(16)29-15-17/h5-12,17-18,22H,3-4,13-15H2,1-2H3,(H,25,27). The third-order valence-electron chi connectivity index (χ3n) is 5.89. The first kappa shape index (κ1) is 20.3. The summed E-state index contributed by atoms with van der Waals surface area (Å²) in [6, 6.07) is 15.3. The van der Waals surface area contributed by atoms with Gasteiger partial charge in [0, 0.05) is 6.04 Å². The molecule has 2 unspecified atom stereocenters. The second-order valence-corrected chi connectivity index (χ2v) is 7.86. The smallest absolute Gasteiger partial charge is 0.263 e. The number of hydrogen-bond donors (Lipinski definition) is 1. The van der Waals surface area contributed by atoms with Gasteiger partial charge in [0.15, 0.2) is 6.10 Å². The lowest BCUT2D eigenvalue weighted by molar-refractivity contribution is -0.129. The van der Waals surface area contributed by atoms with Gasteiger partial charge in [-0.15, -0.1) is 0 Å². The van der Waals surface area contributed by atoms with Gasteiger partial charge in [0.25, 0.3) is 5.91 Å². The molecule has 0 fully saturated rings. The summed E-state index contributed by atoms with van der Waals surface area (Å²) in [4.78, 5) is 28.0. The van der Waals surface area contributed by atoms with Crippen LogP contribution < -0.4 is 19.7 Å². The molecule has 158 valence electrons. The van der Waals surface area contributed by atoms with Crippen molar-refractivity contribution in [3.05, 3.63) is 54.1 Å². The molecule has 0 aliphatic carbocycles. The van der Waals surface area contributed by atoms with Crippen molar-refractivity contribution in [1.29, 1.82) is 0 Å². The zero-order valence-corrected chi connectivity index (χ0v) is 17.5. The molecule has 2 aromatic rings. The van der Waals surface area contributed by atoms with E-state index in [1.807, 2.05) is 56.3 Å². The van der Waals surface area contributed by atoms with Gasteiger partial charge in [-0.1, -0.05) is 44.2 Å². The Morgan fingerprint density at radius 1 is 1.07 bits per heavy atom. The summed E-state index contributed by atoms with van der Waals surface area (Å²) < 4.78 is 11.8. The highest BCUT2D eigenvalue weighted by Gasteiger charge is 2.38. The largest absolute Gasteiger partial charge is 0.492 e. The Labute approximate surface area is 177 Å². The molecule has 2 atom stereocenters. The quantitative estimate of drug-likeness (QED) is 0.824. The molecule has 4 rings (SSSR count). The predicted octanol–water partition coefficient (Wildman–Crippen LogP) is 3.34. The van der Waals surface area contributed by atoms with E-state index in [2.05, 4.69) is 5.32 Å². The number of fused-ring (bicyclic) bond motifs is 2. The maximum absolute atomic E-state index is 13.5. The first-order chi connectivity index (χ1) is 14.6. The van der Waals surface area contributed by atoms with Gasteiger partial charge in [-0.25, -0.2) is 0 Å². The number of amides is 2. The van der Waals surface area contributed by atoms with Crippen LogP contribution in [0.25, 0.3) is 0 Å². The van der Waals surface area contributed by atoms with Crippen molar-refractivity contribution in [3.63, 3.8) is 0 Å². The number of nitrogens with one attached hydrogen (secondary N) is 1. The Balaban J connectivity index is 1.55. The zero-order chi connectivity index (χ0) is 21.1. The van der Waals surface area contributed by atoms with Crippen molar-refractivity contribution < 1.29 is 19.1 Å². The maximum Gasteiger partial charge on any atom is 0.263 e. The fourth-order valence-corrected chi connectivity index (χ4v) is 4.07. The molecule has 6 nitrogen and oxygen atoms in total. The summed E-state index contributed by atoms with van der Waals surface area (Å²) in [6.45, 7) is 4.62. The van der Waals surface area contributed by atoms with Gasteiger partial charge in [0.2, 0.25) is 5.91 Å². The van der Waals surface area contributed by atoms with Crippen LogP contribution in [0.2, 0.25) is 0 Å². The van der Waals surface area contributed by atoms with E-state index in [4.69, 9.17) is 9.47 Å². The SMILES string of the molecule is CCC(CC)NC(=O)C1CN(C(=O)C2COc3ccccc3C2)c2ccccc2O1. The van der Waals surface area contributed by atoms with Gasteiger partial charge < -0.3 is 19.7 Å². The van der Waals surface area contributed by atoms with Crippen molar-refractivity contribution >= 4 is 17.5 Å². The average Bonchev–Trinajstić information content (AvgIpc) is 2.80. The Morgan fingerprint density at radius 2 is 1.77 bits per heavy atom. The lowest BCUT2D eigenvalue weighted by Gasteiger charge is -2.37. The van der Waals surface area contributed by atoms with Gasteiger partial charge in [-0.05, 0) is 43.0 Å². The summed E-state index contributed by atoms with van der Waals surface area (Å²) in [5, 5.41) is 3.04. The Bertz CT molecular complexity index is 925. The highest BCUT2D eigenvalue weighted by atomic mass is 16.5. The van der Waals surface area contributed by atoms with Crippen molar-refractivity contribution in [2.24, 2.45) is 5.92 Å². The number of carbonyl (C=O) groups excluding carboxylic acids is 2. The molecule has 0 bridgehead atoms. The summed E-state index contributed by atoms with van der Waals surface area (Å²) in [7, 11) is 0. The van der Waals surface area contributed by atoms with Crippen LogP contribution in [0, 0.1) is 5.92 Å². The van der Waals surface area contributed by atoms with Crippen LogP contribution in [-0.2, 0) is 16.0 Å². The molecule has 1 N–H and O–H groups in total. The second kappa shape index (κ2) is 8.78. The molecule has 2 aliphatic heterocycles. The van der Waals surface area contributed by atoms with Gasteiger partial charge in [0.05, 0.1) is 18.2 Å². The molecule has 2 heterocycles. The molecule has 30 heavy (non-hydrogen) atoms. The summed E-state index contributed by atoms with van der Waals surface area (Å²) in [5.74, 6) is 0.876. The van der Waals surface area contributed by atoms with Crippen LogP contribution in [0.1, 0.15) is 32.3 Å². The molecule has 2 aromatic carbocycles. The topological polar surface area (TPSA) is 67.9 Å². The fraction of sp³-hybridized carbons (Fsp3) is 0.417. The van der Waals surface area contributed by atoms with Crippen LogP contribution in [0.15, 0.2) is 48.5 Å². The highest BCUT2D eigenvalue weighted by molar-refractivity contribution is 5.99. The van der Waals surface area contributed by atoms with E-state index >= 15 is 0 Å². The molecular formula is C24H28N2O4. The lowest BCUT2D eigenvalue weighted by Crippen LogP contribution is -2.54. The minimum atomic E-state index is -0.735. The maximum atomic E-state index is 13.5. The molecular weight excluding hydrogens is 380 g/mol. The Morgan fingerprint density at radius 3 is 2.53 bits per heavy atom. The molecule has 6 heteroatoms. The fourth-order valence-electron chi connectivity index (χ4n) is 4.07. The molecule has 0 spiro atoms. The number of ether oxygens (including phenoxy) is 2. The van der Waals surface area contributed by atoms with Crippen molar-refractivity contribution in [3.8, 4) is 11.5 Å². The van der Waals surface area contributed by atoms with E-state index in [-0.39, 0.29) is 30.3 Å². The number of para-hydroxylation sites is 3. The number of benzene rings is 2. The monoisotopic (exact) mass is 408 g/mol. The molecule has 0 saturated heterocycles. The number of anilines is 1. The molecule has 2 amide bonds. The summed E-state index contributed by atoms with van der Waals surface area (Å²) in [5.41, 5.74) is 1.74. The van der Waals surface area contributed by atoms with E-state index in [9.17, 15) is 9.59 Å². The number of nitrogens with zero attached hydrogens (tertiary/aromatic N) is 1. The zero-order valence-electron chi connectivity index (χ0n) is 17.5. The molecule has 0 aromatic heterocycles. The van der Waals surface area contributed by atoms with Gasteiger partial charge in [0.1, 0.15) is 18.1 Å². The summed E-state index contributed by atoms with van der Waals surface area (Å²) in [6.07, 6.45) is 1.60. The number of rotatable bonds is 5. The molecule has 0 saturated carbocycles. The highest BCUT2D eigenvalue weighted by Crippen LogP contribution is 2.36. The van der Waals surface area contributed by atoms with Gasteiger partial charge in [-0.2, -0.15) is 0 Å². The van der Waals surface area contributed by atoms with Crippen LogP contribution in [0.4, 0.5) is 5.69 Å². The van der Waals surface area contributed by atoms with E-state index < -0.39 is 6.10 Å². The van der Waals surface area contributed by atoms with E-state index in [0.717, 1.165) is 24.2 Å². The third kappa shape index (κ3) is 3.99. The Hall–Kier alpha value is -3.02. The van der Waals surface area contributed by atoms with Crippen LogP contribution >= 0.6 is 0 Å². The van der Waals surface area contributed by atoms with Gasteiger partial charge in [-0.3, -0.25) is 9.59 Å². The normalized spacial score (nSPS) is 19.9. The average molecular weight is 408 g/mol. The predicted molar refractivity (Wildman–Crippen MR) is 115 cm³/mol. The van der Waals surface area contributed by atoms with Crippen molar-refractivity contribution in [2.75, 3.05) is 18.1 Å². The van der Waals surface area contributed by atoms with Crippen LogP contribution in [-0.4, -0.2) is 37.1 Å². The number of carbonyl (C=O) groups is 2. The second-order valence-electron chi connectivity index (χ2n) is 7.86. The lowest BCUT2D eigenvalue weighted by atomic mass is 9.95. The van der Waals surface area contributed by atoms with E-state index in [1.165, 1.54) is 0 Å². The molecule has 2 aliphatic rings. The molecule has 0 radical (unpaired) electrons. The Kier molecular flexibility index (Phi) is 5.93. The van der Waals surface area contributed by atoms with Gasteiger partial charge >= 0.3 is 0 Å². The minimum Gasteiger partial charge on any atom is -0.492 e. The van der Waals surface area contributed by atoms with E-state index in [1.54, 1.807) is 11.0 Å². The third-order valence-corrected chi connectivity index (χ3v) is 5.89. The number of hydrogen-bond acceptors (Lipinski definition) is 4. The van der Waals surface area contributed by atoms with E-state index in [0.29, 0.717) is 24.5 Å². The first-order valence-electron chi connectivity index (χ1n) is 10.7. The van der Waals surface area contributed by atoms with Crippen molar-refractivity contribution in [1.82, 2.24) is 5.32 Å². The van der Waals surface area contributed by atoms with Crippen LogP contribution in [0.5, 0.6) is 11.5 Å².